The molecule has 0 radical (unpaired) electrons. The molecule has 0 aromatic carbocycles. The first-order chi connectivity index (χ1) is 8.54. The van der Waals surface area contributed by atoms with Crippen LogP contribution in [0.1, 0.15) is 31.2 Å². The van der Waals surface area contributed by atoms with Crippen LogP contribution < -0.4 is 16.4 Å². The number of amides is 1. The fourth-order valence-corrected chi connectivity index (χ4v) is 1.61. The number of nitrogens with zero attached hydrogens (tertiary/aromatic N) is 2. The molecule has 6 nitrogen and oxygen atoms in total. The van der Waals surface area contributed by atoms with Gasteiger partial charge in [0.15, 0.2) is 0 Å². The van der Waals surface area contributed by atoms with Gasteiger partial charge in [0.1, 0.15) is 17.5 Å². The average molecular weight is 251 g/mol. The van der Waals surface area contributed by atoms with Gasteiger partial charge in [-0.3, -0.25) is 4.79 Å². The minimum atomic E-state index is -0.277. The summed E-state index contributed by atoms with van der Waals surface area (Å²) in [5.74, 6) is 2.10. The second-order valence-corrected chi connectivity index (χ2v) is 4.12. The van der Waals surface area contributed by atoms with E-state index in [0.717, 1.165) is 23.7 Å². The maximum absolute atomic E-state index is 10.6. The predicted octanol–water partition coefficient (Wildman–Crippen LogP) is 1.20. The fraction of sp³-hybridized carbons (Fsp3) is 0.583. The van der Waals surface area contributed by atoms with Crippen LogP contribution in [-0.4, -0.2) is 29.0 Å². The SMILES string of the molecule is CCNc1nc(C)nc(NCCCC(N)=O)c1C. The Morgan fingerprint density at radius 3 is 2.39 bits per heavy atom. The van der Waals surface area contributed by atoms with Crippen molar-refractivity contribution in [3.8, 4) is 0 Å². The van der Waals surface area contributed by atoms with Gasteiger partial charge in [-0.15, -0.1) is 0 Å². The van der Waals surface area contributed by atoms with E-state index >= 15 is 0 Å². The summed E-state index contributed by atoms with van der Waals surface area (Å²) >= 11 is 0. The van der Waals surface area contributed by atoms with Crippen LogP contribution in [0.3, 0.4) is 0 Å². The maximum atomic E-state index is 10.6. The summed E-state index contributed by atoms with van der Waals surface area (Å²) in [4.78, 5) is 19.3. The van der Waals surface area contributed by atoms with Crippen LogP contribution >= 0.6 is 0 Å². The van der Waals surface area contributed by atoms with Gasteiger partial charge in [0, 0.05) is 25.1 Å². The summed E-state index contributed by atoms with van der Waals surface area (Å²) < 4.78 is 0. The number of hydrogen-bond donors (Lipinski definition) is 3. The molecule has 1 rings (SSSR count). The molecule has 0 saturated carbocycles. The Labute approximate surface area is 107 Å². The lowest BCUT2D eigenvalue weighted by Gasteiger charge is -2.13. The molecule has 100 valence electrons. The number of nitrogens with two attached hydrogens (primary N) is 1. The van der Waals surface area contributed by atoms with Crippen LogP contribution in [0, 0.1) is 13.8 Å². The molecular formula is C12H21N5O. The number of aromatic nitrogens is 2. The zero-order chi connectivity index (χ0) is 13.5. The highest BCUT2D eigenvalue weighted by atomic mass is 16.1. The van der Waals surface area contributed by atoms with E-state index in [1.807, 2.05) is 20.8 Å². The number of anilines is 2. The van der Waals surface area contributed by atoms with Gasteiger partial charge in [-0.25, -0.2) is 9.97 Å². The average Bonchev–Trinajstić information content (AvgIpc) is 2.30. The van der Waals surface area contributed by atoms with Crippen molar-refractivity contribution in [1.29, 1.82) is 0 Å². The summed E-state index contributed by atoms with van der Waals surface area (Å²) in [6.45, 7) is 7.34. The molecule has 0 spiro atoms. The summed E-state index contributed by atoms with van der Waals surface area (Å²) in [6.07, 6.45) is 1.09. The molecule has 1 aromatic rings. The third kappa shape index (κ3) is 4.20. The molecule has 1 aromatic heterocycles. The Bertz CT molecular complexity index is 419. The molecule has 0 saturated heterocycles. The molecule has 4 N–H and O–H groups in total. The van der Waals surface area contributed by atoms with Gasteiger partial charge in [0.25, 0.3) is 0 Å². The summed E-state index contributed by atoms with van der Waals surface area (Å²) in [5.41, 5.74) is 6.07. The van der Waals surface area contributed by atoms with Gasteiger partial charge < -0.3 is 16.4 Å². The highest BCUT2D eigenvalue weighted by Gasteiger charge is 2.08. The topological polar surface area (TPSA) is 92.9 Å². The maximum Gasteiger partial charge on any atom is 0.217 e. The molecule has 18 heavy (non-hydrogen) atoms. The first-order valence-corrected chi connectivity index (χ1v) is 6.15. The Balaban J connectivity index is 2.66. The van der Waals surface area contributed by atoms with Crippen molar-refractivity contribution in [2.24, 2.45) is 5.73 Å². The Kier molecular flexibility index (Phi) is 5.35. The Morgan fingerprint density at radius 2 is 1.83 bits per heavy atom. The first kappa shape index (κ1) is 14.2. The van der Waals surface area contributed by atoms with Crippen LogP contribution in [0.4, 0.5) is 11.6 Å². The van der Waals surface area contributed by atoms with E-state index in [4.69, 9.17) is 5.73 Å². The number of primary amides is 1. The second kappa shape index (κ2) is 6.78. The standard InChI is InChI=1S/C12H21N5O/c1-4-14-11-8(2)12(17-9(3)16-11)15-7-5-6-10(13)18/h4-7H2,1-3H3,(H2,13,18)(H2,14,15,16,17). The lowest BCUT2D eigenvalue weighted by atomic mass is 10.2. The van der Waals surface area contributed by atoms with Crippen LogP contribution in [0.2, 0.25) is 0 Å². The van der Waals surface area contributed by atoms with E-state index in [-0.39, 0.29) is 5.91 Å². The van der Waals surface area contributed by atoms with Crippen LogP contribution in [0.5, 0.6) is 0 Å². The third-order valence-corrected chi connectivity index (χ3v) is 2.49. The van der Waals surface area contributed by atoms with Crippen LogP contribution in [0.15, 0.2) is 0 Å². The molecule has 0 bridgehead atoms. The van der Waals surface area contributed by atoms with Crippen molar-refractivity contribution >= 4 is 17.5 Å². The van der Waals surface area contributed by atoms with Crippen molar-refractivity contribution < 1.29 is 4.79 Å². The van der Waals surface area contributed by atoms with Crippen molar-refractivity contribution in [2.75, 3.05) is 23.7 Å². The minimum Gasteiger partial charge on any atom is -0.370 e. The molecule has 6 heteroatoms. The Hall–Kier alpha value is -1.85. The van der Waals surface area contributed by atoms with Crippen molar-refractivity contribution in [3.05, 3.63) is 11.4 Å². The second-order valence-electron chi connectivity index (χ2n) is 4.12. The van der Waals surface area contributed by atoms with Gasteiger partial charge in [-0.2, -0.15) is 0 Å². The van der Waals surface area contributed by atoms with E-state index in [1.54, 1.807) is 0 Å². The molecule has 0 aliphatic carbocycles. The highest BCUT2D eigenvalue weighted by Crippen LogP contribution is 2.19. The number of aryl methyl sites for hydroxylation is 1. The number of carbonyl (C=O) groups is 1. The van der Waals surface area contributed by atoms with Crippen LogP contribution in [-0.2, 0) is 4.79 Å². The van der Waals surface area contributed by atoms with Gasteiger partial charge in [0.2, 0.25) is 5.91 Å². The quantitative estimate of drug-likeness (QED) is 0.633. The molecular weight excluding hydrogens is 230 g/mol. The van der Waals surface area contributed by atoms with Gasteiger partial charge >= 0.3 is 0 Å². The third-order valence-electron chi connectivity index (χ3n) is 2.49. The largest absolute Gasteiger partial charge is 0.370 e. The number of carbonyl (C=O) groups excluding carboxylic acids is 1. The summed E-state index contributed by atoms with van der Waals surface area (Å²) in [6, 6.07) is 0. The lowest BCUT2D eigenvalue weighted by Crippen LogP contribution is -2.14. The van der Waals surface area contributed by atoms with Crippen LogP contribution in [0.25, 0.3) is 0 Å². The first-order valence-electron chi connectivity index (χ1n) is 6.15. The molecule has 0 fully saturated rings. The molecule has 0 unspecified atom stereocenters. The van der Waals surface area contributed by atoms with Gasteiger partial charge in [-0.05, 0) is 27.2 Å². The van der Waals surface area contributed by atoms with E-state index in [1.165, 1.54) is 0 Å². The molecule has 1 heterocycles. The summed E-state index contributed by atoms with van der Waals surface area (Å²) in [7, 11) is 0. The monoisotopic (exact) mass is 251 g/mol. The number of nitrogens with one attached hydrogen (secondary N) is 2. The Morgan fingerprint density at radius 1 is 1.22 bits per heavy atom. The molecule has 0 atom stereocenters. The zero-order valence-electron chi connectivity index (χ0n) is 11.2. The van der Waals surface area contributed by atoms with Crippen molar-refractivity contribution in [1.82, 2.24) is 9.97 Å². The van der Waals surface area contributed by atoms with E-state index < -0.39 is 0 Å². The zero-order valence-corrected chi connectivity index (χ0v) is 11.2. The van der Waals surface area contributed by atoms with Crippen molar-refractivity contribution in [3.63, 3.8) is 0 Å². The summed E-state index contributed by atoms with van der Waals surface area (Å²) in [5, 5.41) is 6.41. The van der Waals surface area contributed by atoms with Gasteiger partial charge in [-0.1, -0.05) is 0 Å². The van der Waals surface area contributed by atoms with Crippen molar-refractivity contribution in [2.45, 2.75) is 33.6 Å². The minimum absolute atomic E-state index is 0.277. The smallest absolute Gasteiger partial charge is 0.217 e. The van der Waals surface area contributed by atoms with E-state index in [2.05, 4.69) is 20.6 Å². The van der Waals surface area contributed by atoms with E-state index in [9.17, 15) is 4.79 Å². The highest BCUT2D eigenvalue weighted by molar-refractivity contribution is 5.73. The predicted molar refractivity (Wildman–Crippen MR) is 72.6 cm³/mol. The number of rotatable bonds is 7. The molecule has 0 aliphatic rings. The number of hydrogen-bond acceptors (Lipinski definition) is 5. The normalized spacial score (nSPS) is 10.2. The fourth-order valence-electron chi connectivity index (χ4n) is 1.61. The molecule has 1 amide bonds. The lowest BCUT2D eigenvalue weighted by molar-refractivity contribution is -0.118. The van der Waals surface area contributed by atoms with E-state index in [0.29, 0.717) is 25.2 Å². The van der Waals surface area contributed by atoms with Gasteiger partial charge in [0.05, 0.1) is 0 Å². The molecule has 0 aliphatic heterocycles.